The number of thiophene rings is 1. The summed E-state index contributed by atoms with van der Waals surface area (Å²) < 4.78 is 33.9. The lowest BCUT2D eigenvalue weighted by Crippen LogP contribution is -2.59. The largest absolute Gasteiger partial charge is 0.394 e. The number of sulfonamides is 1. The molecule has 3 heterocycles. The fourth-order valence-electron chi connectivity index (χ4n) is 6.13. The van der Waals surface area contributed by atoms with E-state index in [0.717, 1.165) is 28.2 Å². The molecule has 3 aromatic rings. The predicted octanol–water partition coefficient (Wildman–Crippen LogP) is 3.89. The van der Waals surface area contributed by atoms with E-state index in [2.05, 4.69) is 53.1 Å². The molecule has 1 aromatic heterocycles. The van der Waals surface area contributed by atoms with Crippen LogP contribution < -0.4 is 4.72 Å². The molecule has 2 fully saturated rings. The van der Waals surface area contributed by atoms with Crippen LogP contribution in [0.1, 0.15) is 43.0 Å². The van der Waals surface area contributed by atoms with Crippen LogP contribution in [0.15, 0.2) is 53.4 Å². The average molecular weight is 640 g/mol. The Morgan fingerprint density at radius 3 is 2.64 bits per heavy atom. The standard InChI is InChI=1S/C33H41N3O6S2/c1-21(31(18-34)44(40,41)35-27-20-42-28(19-37)33(39)32(27)38)29-11-12-30(43-29)26-10-9-24-16-23(7-8-25(24)17-26)6-5-22-4-3-14-36(2)15-13-22/h7-12,16-17,22,27-28,32-33,35,37-39H,3-6,13-15,19-20H2,1-2H3/b31-21+/t22?,27?,28-,32-,33-/m1/s1. The summed E-state index contributed by atoms with van der Waals surface area (Å²) in [6, 6.07) is 17.3. The molecule has 5 rings (SSSR count). The monoisotopic (exact) mass is 639 g/mol. The number of fused-ring (bicyclic) bond motifs is 1. The molecular weight excluding hydrogens is 599 g/mol. The normalized spacial score (nSPS) is 25.8. The number of aliphatic hydroxyl groups is 3. The third-order valence-corrected chi connectivity index (χ3v) is 11.7. The van der Waals surface area contributed by atoms with Gasteiger partial charge in [0, 0.05) is 9.75 Å². The Labute approximate surface area is 263 Å². The first-order chi connectivity index (χ1) is 21.1. The molecule has 5 atom stereocenters. The van der Waals surface area contributed by atoms with E-state index in [1.165, 1.54) is 61.1 Å². The second-order valence-corrected chi connectivity index (χ2v) is 14.8. The van der Waals surface area contributed by atoms with Crippen molar-refractivity contribution in [1.82, 2.24) is 9.62 Å². The van der Waals surface area contributed by atoms with Crippen molar-refractivity contribution in [2.75, 3.05) is 33.4 Å². The molecule has 44 heavy (non-hydrogen) atoms. The molecule has 2 aliphatic rings. The number of aryl methyl sites for hydroxylation is 1. The number of allylic oxidation sites excluding steroid dienone is 2. The molecule has 0 bridgehead atoms. The molecule has 2 saturated heterocycles. The molecule has 0 amide bonds. The van der Waals surface area contributed by atoms with Crippen LogP contribution in [-0.4, -0.2) is 86.3 Å². The van der Waals surface area contributed by atoms with Gasteiger partial charge in [0.05, 0.1) is 19.3 Å². The third-order valence-electron chi connectivity index (χ3n) is 8.91. The summed E-state index contributed by atoms with van der Waals surface area (Å²) in [6.07, 6.45) is 2.18. The van der Waals surface area contributed by atoms with Crippen molar-refractivity contribution in [3.05, 3.63) is 63.9 Å². The second-order valence-electron chi connectivity index (χ2n) is 12.0. The lowest BCUT2D eigenvalue weighted by molar-refractivity contribution is -0.158. The van der Waals surface area contributed by atoms with Gasteiger partial charge in [-0.3, -0.25) is 0 Å². The van der Waals surface area contributed by atoms with Gasteiger partial charge < -0.3 is 25.0 Å². The van der Waals surface area contributed by atoms with Gasteiger partial charge >= 0.3 is 0 Å². The summed E-state index contributed by atoms with van der Waals surface area (Å²) in [5, 5.41) is 41.9. The predicted molar refractivity (Wildman–Crippen MR) is 173 cm³/mol. The van der Waals surface area contributed by atoms with Gasteiger partial charge in [0.25, 0.3) is 10.0 Å². The minimum absolute atomic E-state index is 0.259. The highest BCUT2D eigenvalue weighted by atomic mass is 32.2. The Bertz CT molecular complexity index is 1650. The Balaban J connectivity index is 1.29. The maximum absolute atomic E-state index is 13.2. The topological polar surface area (TPSA) is 143 Å². The van der Waals surface area contributed by atoms with Crippen LogP contribution in [0.5, 0.6) is 0 Å². The minimum atomic E-state index is -4.35. The summed E-state index contributed by atoms with van der Waals surface area (Å²) in [6.45, 7) is 3.19. The first-order valence-electron chi connectivity index (χ1n) is 15.1. The van der Waals surface area contributed by atoms with E-state index >= 15 is 0 Å². The molecule has 0 radical (unpaired) electrons. The maximum Gasteiger partial charge on any atom is 0.251 e. The smallest absolute Gasteiger partial charge is 0.251 e. The van der Waals surface area contributed by atoms with Crippen molar-refractivity contribution < 1.29 is 28.5 Å². The van der Waals surface area contributed by atoms with Gasteiger partial charge in [0.1, 0.15) is 24.4 Å². The van der Waals surface area contributed by atoms with Gasteiger partial charge in [-0.1, -0.05) is 30.3 Å². The molecule has 4 N–H and O–H groups in total. The van der Waals surface area contributed by atoms with Crippen LogP contribution in [0.2, 0.25) is 0 Å². The lowest BCUT2D eigenvalue weighted by Gasteiger charge is -2.36. The van der Waals surface area contributed by atoms with Crippen LogP contribution >= 0.6 is 11.3 Å². The molecule has 2 aromatic carbocycles. The fraction of sp³-hybridized carbons (Fsp3) is 0.485. The zero-order chi connectivity index (χ0) is 31.4. The number of hydrogen-bond donors (Lipinski definition) is 4. The van der Waals surface area contributed by atoms with Crippen molar-refractivity contribution in [2.45, 2.75) is 63.4 Å². The number of nitrogens with zero attached hydrogens (tertiary/aromatic N) is 2. The van der Waals surface area contributed by atoms with Crippen LogP contribution in [0.3, 0.4) is 0 Å². The molecule has 0 spiro atoms. The number of benzene rings is 2. The van der Waals surface area contributed by atoms with E-state index in [9.17, 15) is 29.0 Å². The van der Waals surface area contributed by atoms with E-state index in [1.54, 1.807) is 19.1 Å². The first kappa shape index (κ1) is 32.7. The summed E-state index contributed by atoms with van der Waals surface area (Å²) in [5.41, 5.74) is 2.64. The van der Waals surface area contributed by atoms with Crippen molar-refractivity contribution in [3.63, 3.8) is 0 Å². The van der Waals surface area contributed by atoms with E-state index in [1.807, 2.05) is 6.07 Å². The molecule has 11 heteroatoms. The highest BCUT2D eigenvalue weighted by molar-refractivity contribution is 7.93. The van der Waals surface area contributed by atoms with Crippen molar-refractivity contribution in [3.8, 4) is 16.5 Å². The first-order valence-corrected chi connectivity index (χ1v) is 17.4. The van der Waals surface area contributed by atoms with Crippen LogP contribution in [0.4, 0.5) is 0 Å². The second kappa shape index (κ2) is 14.2. The van der Waals surface area contributed by atoms with Gasteiger partial charge in [0.2, 0.25) is 0 Å². The SMILES string of the molecule is C/C(=C(/C#N)S(=O)(=O)NC1CO[C@H](CO)[C@@H](O)[C@@H]1O)c1ccc(-c2ccc3cc(CCC4CCCN(C)CC4)ccc3c2)s1. The molecular formula is C33H41N3O6S2. The Morgan fingerprint density at radius 2 is 1.86 bits per heavy atom. The van der Waals surface area contributed by atoms with E-state index in [4.69, 9.17) is 4.74 Å². The van der Waals surface area contributed by atoms with Gasteiger partial charge in [-0.2, -0.15) is 5.26 Å². The molecule has 9 nitrogen and oxygen atoms in total. The summed E-state index contributed by atoms with van der Waals surface area (Å²) in [4.78, 5) is 3.53. The van der Waals surface area contributed by atoms with E-state index in [0.29, 0.717) is 4.88 Å². The molecule has 0 aliphatic carbocycles. The van der Waals surface area contributed by atoms with Crippen LogP contribution in [-0.2, 0) is 21.2 Å². The Hall–Kier alpha value is -2.66. The number of likely N-dealkylation sites (tertiary alicyclic amines) is 1. The number of nitriles is 1. The fourth-order valence-corrected chi connectivity index (χ4v) is 8.56. The third kappa shape index (κ3) is 7.41. The van der Waals surface area contributed by atoms with Crippen LogP contribution in [0, 0.1) is 17.2 Å². The number of ether oxygens (including phenoxy) is 1. The molecule has 236 valence electrons. The summed E-state index contributed by atoms with van der Waals surface area (Å²) in [7, 11) is -2.13. The van der Waals surface area contributed by atoms with E-state index < -0.39 is 45.9 Å². The maximum atomic E-state index is 13.2. The van der Waals surface area contributed by atoms with Crippen molar-refractivity contribution in [1.29, 1.82) is 5.26 Å². The Morgan fingerprint density at radius 1 is 1.09 bits per heavy atom. The zero-order valence-corrected chi connectivity index (χ0v) is 26.8. The lowest BCUT2D eigenvalue weighted by atomic mass is 9.92. The Kier molecular flexibility index (Phi) is 10.6. The van der Waals surface area contributed by atoms with Gasteiger partial charge in [-0.05, 0) is 111 Å². The van der Waals surface area contributed by atoms with Crippen molar-refractivity contribution in [2.24, 2.45) is 5.92 Å². The summed E-state index contributed by atoms with van der Waals surface area (Å²) >= 11 is 1.40. The quantitative estimate of drug-likeness (QED) is 0.259. The van der Waals surface area contributed by atoms with Gasteiger partial charge in [-0.25, -0.2) is 13.1 Å². The highest BCUT2D eigenvalue weighted by Crippen LogP contribution is 2.35. The average Bonchev–Trinajstić information content (AvgIpc) is 3.41. The minimum Gasteiger partial charge on any atom is -0.394 e. The number of rotatable bonds is 9. The van der Waals surface area contributed by atoms with Crippen LogP contribution in [0.25, 0.3) is 26.8 Å². The summed E-state index contributed by atoms with van der Waals surface area (Å²) in [5.74, 6) is 0.788. The zero-order valence-electron chi connectivity index (χ0n) is 25.1. The number of nitrogens with one attached hydrogen (secondary N) is 1. The van der Waals surface area contributed by atoms with E-state index in [-0.39, 0.29) is 12.2 Å². The molecule has 2 aliphatic heterocycles. The molecule has 0 saturated carbocycles. The molecule has 2 unspecified atom stereocenters. The van der Waals surface area contributed by atoms with Crippen molar-refractivity contribution >= 4 is 37.7 Å². The highest BCUT2D eigenvalue weighted by Gasteiger charge is 2.40. The number of aliphatic hydroxyl groups excluding tert-OH is 3. The van der Waals surface area contributed by atoms with Gasteiger partial charge in [0.15, 0.2) is 4.91 Å². The number of hydrogen-bond acceptors (Lipinski definition) is 9. The van der Waals surface area contributed by atoms with Gasteiger partial charge in [-0.15, -0.1) is 11.3 Å².